The van der Waals surface area contributed by atoms with Crippen LogP contribution in [-0.2, 0) is 26.7 Å². The third kappa shape index (κ3) is 5.00. The van der Waals surface area contributed by atoms with Crippen LogP contribution in [0.5, 0.6) is 5.75 Å². The maximum absolute atomic E-state index is 14.6. The van der Waals surface area contributed by atoms with Gasteiger partial charge in [-0.1, -0.05) is 60.1 Å². The number of hydrogen-bond donors (Lipinski definition) is 3. The normalized spacial score (nSPS) is 35.4. The number of carbonyl (C=O) groups excluding carboxylic acids is 1. The van der Waals surface area contributed by atoms with Crippen LogP contribution in [0, 0.1) is 44.8 Å². The Morgan fingerprint density at radius 2 is 1.60 bits per heavy atom. The largest absolute Gasteiger partial charge is 0.497 e. The molecule has 0 radical (unpaired) electrons. The second-order valence-corrected chi connectivity index (χ2v) is 21.1. The predicted molar refractivity (Wildman–Crippen MR) is 206 cm³/mol. The van der Waals surface area contributed by atoms with Crippen molar-refractivity contribution in [2.75, 3.05) is 7.11 Å². The molecule has 1 heterocycles. The predicted octanol–water partition coefficient (Wildman–Crippen LogP) is 9.20. The van der Waals surface area contributed by atoms with Crippen molar-refractivity contribution in [1.29, 1.82) is 0 Å². The van der Waals surface area contributed by atoms with Crippen LogP contribution in [-0.4, -0.2) is 37.5 Å². The lowest BCUT2D eigenvalue weighted by Crippen LogP contribution is -2.65. The van der Waals surface area contributed by atoms with Gasteiger partial charge in [0.15, 0.2) is 0 Å². The molecule has 3 aromatic rings. The van der Waals surface area contributed by atoms with Crippen LogP contribution in [0.1, 0.15) is 121 Å². The van der Waals surface area contributed by atoms with Gasteiger partial charge in [-0.3, -0.25) is 4.79 Å². The lowest BCUT2D eigenvalue weighted by molar-refractivity contribution is -0.166. The molecular weight excluding hydrogens is 685 g/mol. The number of rotatable bonds is 5. The van der Waals surface area contributed by atoms with Crippen molar-refractivity contribution >= 4 is 32.8 Å². The van der Waals surface area contributed by atoms with Crippen LogP contribution in [0.4, 0.5) is 0 Å². The van der Waals surface area contributed by atoms with E-state index in [4.69, 9.17) is 4.74 Å². The van der Waals surface area contributed by atoms with Crippen molar-refractivity contribution in [3.8, 4) is 5.75 Å². The number of sulfonamides is 1. The molecule has 9 heteroatoms. The zero-order valence-corrected chi connectivity index (χ0v) is 33.4. The summed E-state index contributed by atoms with van der Waals surface area (Å²) in [6, 6.07) is 11.7. The minimum absolute atomic E-state index is 0.0255. The zero-order chi connectivity index (χ0) is 38.1. The molecule has 0 unspecified atom stereocenters. The van der Waals surface area contributed by atoms with Gasteiger partial charge in [-0.25, -0.2) is 17.9 Å². The summed E-state index contributed by atoms with van der Waals surface area (Å²) in [5.41, 5.74) is 4.11. The minimum Gasteiger partial charge on any atom is -0.497 e. The Balaban J connectivity index is 1.18. The van der Waals surface area contributed by atoms with E-state index >= 15 is 0 Å². The lowest BCUT2D eigenvalue weighted by atomic mass is 9.33. The highest BCUT2D eigenvalue weighted by molar-refractivity contribution is 7.90. The van der Waals surface area contributed by atoms with Crippen molar-refractivity contribution in [2.45, 2.75) is 117 Å². The van der Waals surface area contributed by atoms with Crippen molar-refractivity contribution in [2.24, 2.45) is 44.8 Å². The quantitative estimate of drug-likeness (QED) is 0.224. The number of carboxylic acids is 1. The first-order chi connectivity index (χ1) is 24.7. The molecule has 5 aliphatic rings. The first-order valence-electron chi connectivity index (χ1n) is 19.5. The van der Waals surface area contributed by atoms with Crippen LogP contribution < -0.4 is 9.46 Å². The average molecular weight is 741 g/mol. The van der Waals surface area contributed by atoms with E-state index in [9.17, 15) is 23.1 Å². The van der Waals surface area contributed by atoms with Gasteiger partial charge in [-0.05, 0) is 145 Å². The Bertz CT molecular complexity index is 2180. The number of aromatic nitrogens is 1. The molecule has 2 aromatic carbocycles. The smallest absolute Gasteiger partial charge is 0.335 e. The van der Waals surface area contributed by atoms with E-state index in [0.717, 1.165) is 55.8 Å². The number of ether oxygens (including phenoxy) is 1. The summed E-state index contributed by atoms with van der Waals surface area (Å²) < 4.78 is 35.2. The Hall–Kier alpha value is -3.59. The first kappa shape index (κ1) is 36.4. The van der Waals surface area contributed by atoms with Crippen LogP contribution in [0.2, 0.25) is 0 Å². The maximum atomic E-state index is 14.6. The number of hydrogen-bond acceptors (Lipinski definition) is 5. The lowest BCUT2D eigenvalue weighted by Gasteiger charge is -2.70. The van der Waals surface area contributed by atoms with Gasteiger partial charge < -0.3 is 14.8 Å². The second-order valence-electron chi connectivity index (χ2n) is 19.4. The van der Waals surface area contributed by atoms with E-state index in [2.05, 4.69) is 64.2 Å². The maximum Gasteiger partial charge on any atom is 0.335 e. The van der Waals surface area contributed by atoms with Gasteiger partial charge in [0.1, 0.15) is 5.75 Å². The molecule has 1 aromatic heterocycles. The molecule has 3 N–H and O–H groups in total. The van der Waals surface area contributed by atoms with Gasteiger partial charge in [0.25, 0.3) is 10.0 Å². The van der Waals surface area contributed by atoms with Crippen LogP contribution in [0.25, 0.3) is 10.9 Å². The van der Waals surface area contributed by atoms with Crippen molar-refractivity contribution in [3.05, 3.63) is 70.9 Å². The van der Waals surface area contributed by atoms with Crippen LogP contribution in [0.15, 0.2) is 59.0 Å². The summed E-state index contributed by atoms with van der Waals surface area (Å²) in [4.78, 5) is 30.5. The van der Waals surface area contributed by atoms with Gasteiger partial charge in [0.05, 0.1) is 23.0 Å². The van der Waals surface area contributed by atoms with Crippen molar-refractivity contribution in [1.82, 2.24) is 9.71 Å². The summed E-state index contributed by atoms with van der Waals surface area (Å²) >= 11 is 0. The minimum atomic E-state index is -4.08. The van der Waals surface area contributed by atoms with E-state index in [0.29, 0.717) is 36.0 Å². The molecule has 53 heavy (non-hydrogen) atoms. The van der Waals surface area contributed by atoms with E-state index in [-0.39, 0.29) is 43.8 Å². The summed E-state index contributed by atoms with van der Waals surface area (Å²) in [5.74, 6) is 0.0702. The third-order valence-corrected chi connectivity index (χ3v) is 17.5. The average Bonchev–Trinajstić information content (AvgIpc) is 3.46. The number of carboxylic acid groups (broad SMARTS) is 1. The number of amides is 1. The fourth-order valence-electron chi connectivity index (χ4n) is 13.2. The number of aromatic amines is 1. The molecule has 3 saturated carbocycles. The van der Waals surface area contributed by atoms with Crippen LogP contribution >= 0.6 is 0 Å². The number of nitrogens with one attached hydrogen (secondary N) is 2. The van der Waals surface area contributed by atoms with Gasteiger partial charge in [-0.2, -0.15) is 0 Å². The van der Waals surface area contributed by atoms with Gasteiger partial charge in [-0.15, -0.1) is 0 Å². The zero-order valence-electron chi connectivity index (χ0n) is 32.6. The molecule has 1 amide bonds. The SMILES string of the molecule is COc1ccc(S(=O)(=O)NC(=O)[C@]23CCC(C)(C)C[C@H]2C2=CC[C@@H]4[C@@]5(C)Cc6c([nH]c7ccc(C(=O)O)cc67)C(C)(C)[C@@H]5CC[C@@]4(C)[C@]2(C)CC3)cc1. The second kappa shape index (κ2) is 11.5. The summed E-state index contributed by atoms with van der Waals surface area (Å²) in [6.45, 7) is 16.9. The monoisotopic (exact) mass is 740 g/mol. The summed E-state index contributed by atoms with van der Waals surface area (Å²) in [5, 5.41) is 10.9. The van der Waals surface area contributed by atoms with Gasteiger partial charge in [0, 0.05) is 22.0 Å². The van der Waals surface area contributed by atoms with Crippen LogP contribution in [0.3, 0.4) is 0 Å². The number of allylic oxidation sites excluding steroid dienone is 2. The number of fused-ring (bicyclic) bond motifs is 10. The highest BCUT2D eigenvalue weighted by Gasteiger charge is 2.69. The molecule has 0 aliphatic heterocycles. The number of H-pyrrole nitrogens is 1. The molecule has 7 atom stereocenters. The molecule has 8 rings (SSSR count). The number of carbonyl (C=O) groups is 2. The number of aromatic carboxylic acids is 1. The van der Waals surface area contributed by atoms with E-state index in [1.54, 1.807) is 18.2 Å². The Morgan fingerprint density at radius 3 is 2.28 bits per heavy atom. The molecule has 3 fully saturated rings. The highest BCUT2D eigenvalue weighted by atomic mass is 32.2. The standard InChI is InChI=1S/C44H56N2O6S/c1-39(2)19-21-44(38(49)46-53(50,51)28-12-10-27(52-8)11-13-28)22-20-42(6)31(32(44)25-39)14-16-35-41(5)24-30-29-23-26(37(47)48)9-15-33(29)45-36(30)40(3,4)34(41)17-18-43(35,42)7/h9-15,23,32,34-35,45H,16-22,24-25H2,1-8H3,(H,46,49)(H,47,48)/t32-,34-,35+,41-,42+,43+,44-/m0/s1. The topological polar surface area (TPSA) is 126 Å². The van der Waals surface area contributed by atoms with E-state index in [1.807, 2.05) is 12.1 Å². The fourth-order valence-corrected chi connectivity index (χ4v) is 14.2. The molecular formula is C44H56N2O6S. The molecule has 5 aliphatic carbocycles. The first-order valence-corrected chi connectivity index (χ1v) is 21.0. The third-order valence-electron chi connectivity index (χ3n) is 16.2. The van der Waals surface area contributed by atoms with E-state index < -0.39 is 21.4 Å². The molecule has 284 valence electrons. The van der Waals surface area contributed by atoms with Crippen molar-refractivity contribution < 1.29 is 27.9 Å². The molecule has 0 spiro atoms. The van der Waals surface area contributed by atoms with E-state index in [1.165, 1.54) is 36.1 Å². The fraction of sp³-hybridized carbons (Fsp3) is 0.591. The highest BCUT2D eigenvalue weighted by Crippen LogP contribution is 2.75. The molecule has 0 saturated heterocycles. The molecule has 0 bridgehead atoms. The number of methoxy groups -OCH3 is 1. The summed E-state index contributed by atoms with van der Waals surface area (Å²) in [7, 11) is -2.54. The summed E-state index contributed by atoms with van der Waals surface area (Å²) in [6.07, 6.45) is 10.4. The Labute approximate surface area is 314 Å². The Morgan fingerprint density at radius 1 is 0.906 bits per heavy atom. The van der Waals surface area contributed by atoms with Gasteiger partial charge in [0.2, 0.25) is 5.91 Å². The molecule has 8 nitrogen and oxygen atoms in total. The Kier molecular flexibility index (Phi) is 7.87. The van der Waals surface area contributed by atoms with Crippen molar-refractivity contribution in [3.63, 3.8) is 0 Å². The number of benzene rings is 2. The van der Waals surface area contributed by atoms with Gasteiger partial charge >= 0.3 is 5.97 Å².